The molecule has 8 nitrogen and oxygen atoms in total. The van der Waals surface area contributed by atoms with E-state index in [1.165, 1.54) is 0 Å². The van der Waals surface area contributed by atoms with Gasteiger partial charge in [-0.25, -0.2) is 13.1 Å². The Kier molecular flexibility index (Phi) is 7.47. The number of carbonyl (C=O) groups is 1. The summed E-state index contributed by atoms with van der Waals surface area (Å²) in [6.07, 6.45) is 2.83. The summed E-state index contributed by atoms with van der Waals surface area (Å²) in [6, 6.07) is 0. The van der Waals surface area contributed by atoms with Gasteiger partial charge >= 0.3 is 5.97 Å². The van der Waals surface area contributed by atoms with Crippen LogP contribution in [0.4, 0.5) is 0 Å². The molecule has 0 aromatic rings. The number of nitrogens with zero attached hydrogens (tertiary/aromatic N) is 2. The molecule has 140 valence electrons. The minimum absolute atomic E-state index is 0.153. The molecule has 0 aromatic carbocycles. The fourth-order valence-corrected chi connectivity index (χ4v) is 3.87. The van der Waals surface area contributed by atoms with Crippen LogP contribution in [0.5, 0.6) is 0 Å². The van der Waals surface area contributed by atoms with Gasteiger partial charge in [0.2, 0.25) is 10.0 Å². The number of carbonyl (C=O) groups excluding carboxylic acids is 1. The Bertz CT molecular complexity index is 560. The molecule has 1 atom stereocenters. The van der Waals surface area contributed by atoms with Crippen molar-refractivity contribution in [2.24, 2.45) is 10.9 Å². The highest BCUT2D eigenvalue weighted by Crippen LogP contribution is 2.18. The van der Waals surface area contributed by atoms with Crippen molar-refractivity contribution in [3.63, 3.8) is 0 Å². The first-order valence-electron chi connectivity index (χ1n) is 8.19. The van der Waals surface area contributed by atoms with Crippen LogP contribution in [0.3, 0.4) is 0 Å². The van der Waals surface area contributed by atoms with Crippen LogP contribution in [-0.4, -0.2) is 70.3 Å². The van der Waals surface area contributed by atoms with Gasteiger partial charge in [0.1, 0.15) is 0 Å². The smallest absolute Gasteiger partial charge is 0.310 e. The monoisotopic (exact) mass is 362 g/mol. The van der Waals surface area contributed by atoms with Crippen LogP contribution in [0.15, 0.2) is 4.99 Å². The van der Waals surface area contributed by atoms with Crippen molar-refractivity contribution >= 4 is 22.0 Å². The van der Waals surface area contributed by atoms with Gasteiger partial charge in [-0.15, -0.1) is 0 Å². The Morgan fingerprint density at radius 3 is 2.62 bits per heavy atom. The molecule has 0 aliphatic carbocycles. The number of aliphatic imine (C=N–C) groups is 1. The maximum Gasteiger partial charge on any atom is 0.310 e. The van der Waals surface area contributed by atoms with Crippen LogP contribution in [0, 0.1) is 5.92 Å². The van der Waals surface area contributed by atoms with Crippen molar-refractivity contribution in [2.75, 3.05) is 39.5 Å². The lowest BCUT2D eigenvalue weighted by atomic mass is 9.98. The molecule has 0 bridgehead atoms. The second-order valence-electron chi connectivity index (χ2n) is 6.70. The molecule has 0 amide bonds. The van der Waals surface area contributed by atoms with Crippen LogP contribution in [0.25, 0.3) is 0 Å². The molecule has 9 heteroatoms. The highest BCUT2D eigenvalue weighted by atomic mass is 32.2. The molecule has 1 fully saturated rings. The summed E-state index contributed by atoms with van der Waals surface area (Å²) >= 11 is 0. The van der Waals surface area contributed by atoms with E-state index >= 15 is 0 Å². The average molecular weight is 362 g/mol. The zero-order valence-corrected chi connectivity index (χ0v) is 16.1. The summed E-state index contributed by atoms with van der Waals surface area (Å²) in [5, 5.41) is 3.19. The molecular formula is C15H30N4O4S. The van der Waals surface area contributed by atoms with Crippen molar-refractivity contribution in [1.29, 1.82) is 0 Å². The van der Waals surface area contributed by atoms with Crippen LogP contribution in [0.2, 0.25) is 0 Å². The normalized spacial score (nSPS) is 20.0. The van der Waals surface area contributed by atoms with Crippen molar-refractivity contribution in [1.82, 2.24) is 14.9 Å². The summed E-state index contributed by atoms with van der Waals surface area (Å²) in [6.45, 7) is 7.52. The maximum atomic E-state index is 11.9. The molecular weight excluding hydrogens is 332 g/mol. The van der Waals surface area contributed by atoms with Gasteiger partial charge in [0, 0.05) is 32.2 Å². The molecule has 0 saturated carbocycles. The first-order valence-corrected chi connectivity index (χ1v) is 10.1. The largest absolute Gasteiger partial charge is 0.466 e. The van der Waals surface area contributed by atoms with E-state index in [2.05, 4.69) is 15.0 Å². The number of rotatable bonds is 6. The predicted octanol–water partition coefficient (Wildman–Crippen LogP) is 0.165. The van der Waals surface area contributed by atoms with E-state index in [9.17, 15) is 13.2 Å². The highest BCUT2D eigenvalue weighted by molar-refractivity contribution is 7.88. The number of sulfonamides is 1. The molecule has 1 heterocycles. The Morgan fingerprint density at radius 1 is 1.42 bits per heavy atom. The van der Waals surface area contributed by atoms with Gasteiger partial charge < -0.3 is 15.0 Å². The zero-order chi connectivity index (χ0) is 18.4. The molecule has 1 rings (SSSR count). The van der Waals surface area contributed by atoms with Crippen LogP contribution in [-0.2, 0) is 19.6 Å². The SMILES string of the molecule is CCOC(=O)C1CCCN(C(=NC)NCC(C)(C)NS(C)(=O)=O)C1. The van der Waals surface area contributed by atoms with Gasteiger partial charge in [-0.1, -0.05) is 0 Å². The van der Waals surface area contributed by atoms with Gasteiger partial charge in [-0.3, -0.25) is 9.79 Å². The Labute approximate surface area is 145 Å². The van der Waals surface area contributed by atoms with Crippen LogP contribution < -0.4 is 10.0 Å². The summed E-state index contributed by atoms with van der Waals surface area (Å²) in [4.78, 5) is 18.2. The number of likely N-dealkylation sites (tertiary alicyclic amines) is 1. The predicted molar refractivity (Wildman–Crippen MR) is 94.4 cm³/mol. The zero-order valence-electron chi connectivity index (χ0n) is 15.3. The lowest BCUT2D eigenvalue weighted by Crippen LogP contribution is -2.55. The quantitative estimate of drug-likeness (QED) is 0.397. The summed E-state index contributed by atoms with van der Waals surface area (Å²) < 4.78 is 30.5. The summed E-state index contributed by atoms with van der Waals surface area (Å²) in [5.41, 5.74) is -0.653. The van der Waals surface area contributed by atoms with Crippen molar-refractivity contribution < 1.29 is 17.9 Å². The molecule has 0 spiro atoms. The van der Waals surface area contributed by atoms with Gasteiger partial charge in [-0.2, -0.15) is 0 Å². The molecule has 2 N–H and O–H groups in total. The van der Waals surface area contributed by atoms with E-state index in [1.807, 2.05) is 4.90 Å². The molecule has 24 heavy (non-hydrogen) atoms. The fourth-order valence-electron chi connectivity index (χ4n) is 2.79. The number of nitrogens with one attached hydrogen (secondary N) is 2. The average Bonchev–Trinajstić information content (AvgIpc) is 2.46. The number of ether oxygens (including phenoxy) is 1. The standard InChI is InChI=1S/C15H30N4O4S/c1-6-23-13(20)12-8-7-9-19(10-12)14(16-4)17-11-15(2,3)18-24(5,21)22/h12,18H,6-11H2,1-5H3,(H,16,17). The second kappa shape index (κ2) is 8.66. The molecule has 0 radical (unpaired) electrons. The molecule has 1 unspecified atom stereocenters. The molecule has 1 aliphatic heterocycles. The van der Waals surface area contributed by atoms with E-state index < -0.39 is 15.6 Å². The number of guanidine groups is 1. The highest BCUT2D eigenvalue weighted by Gasteiger charge is 2.29. The van der Waals surface area contributed by atoms with Gasteiger partial charge in [0.25, 0.3) is 0 Å². The summed E-state index contributed by atoms with van der Waals surface area (Å²) in [5.74, 6) is 0.337. The van der Waals surface area contributed by atoms with E-state index in [4.69, 9.17) is 4.74 Å². The number of esters is 1. The van der Waals surface area contributed by atoms with Crippen molar-refractivity contribution in [3.05, 3.63) is 0 Å². The maximum absolute atomic E-state index is 11.9. The number of piperidine rings is 1. The number of hydrogen-bond acceptors (Lipinski definition) is 5. The molecule has 1 aliphatic rings. The van der Waals surface area contributed by atoms with Gasteiger partial charge in [0.15, 0.2) is 5.96 Å². The Morgan fingerprint density at radius 2 is 2.08 bits per heavy atom. The first kappa shape index (κ1) is 20.7. The Balaban J connectivity index is 2.65. The molecule has 0 aromatic heterocycles. The third-order valence-corrected chi connectivity index (χ3v) is 4.63. The van der Waals surface area contributed by atoms with Gasteiger partial charge in [-0.05, 0) is 33.6 Å². The van der Waals surface area contributed by atoms with Crippen LogP contribution >= 0.6 is 0 Å². The third-order valence-electron chi connectivity index (χ3n) is 3.70. The van der Waals surface area contributed by atoms with Crippen LogP contribution in [0.1, 0.15) is 33.6 Å². The minimum Gasteiger partial charge on any atom is -0.466 e. The third kappa shape index (κ3) is 7.04. The van der Waals surface area contributed by atoms with Crippen molar-refractivity contribution in [3.8, 4) is 0 Å². The van der Waals surface area contributed by atoms with E-state index in [0.717, 1.165) is 25.6 Å². The fraction of sp³-hybridized carbons (Fsp3) is 0.867. The van der Waals surface area contributed by atoms with Crippen molar-refractivity contribution in [2.45, 2.75) is 39.2 Å². The lowest BCUT2D eigenvalue weighted by molar-refractivity contribution is -0.149. The van der Waals surface area contributed by atoms with Gasteiger partial charge in [0.05, 0.1) is 18.8 Å². The van der Waals surface area contributed by atoms with E-state index in [-0.39, 0.29) is 11.9 Å². The molecule has 1 saturated heterocycles. The van der Waals surface area contributed by atoms with E-state index in [0.29, 0.717) is 25.7 Å². The first-order chi connectivity index (χ1) is 11.1. The lowest BCUT2D eigenvalue weighted by Gasteiger charge is -2.35. The summed E-state index contributed by atoms with van der Waals surface area (Å²) in [7, 11) is -1.62. The minimum atomic E-state index is -3.29. The second-order valence-corrected chi connectivity index (χ2v) is 8.44. The topological polar surface area (TPSA) is 100 Å². The Hall–Kier alpha value is -1.35. The van der Waals surface area contributed by atoms with E-state index in [1.54, 1.807) is 27.8 Å². The number of hydrogen-bond donors (Lipinski definition) is 2.